The van der Waals surface area contributed by atoms with Gasteiger partial charge in [-0.25, -0.2) is 0 Å². The number of hydrogen-bond donors (Lipinski definition) is 1. The molecule has 0 aromatic heterocycles. The van der Waals surface area contributed by atoms with E-state index in [-0.39, 0.29) is 11.8 Å². The van der Waals surface area contributed by atoms with Crippen molar-refractivity contribution in [3.8, 4) is 11.5 Å². The third kappa shape index (κ3) is 2.80. The highest BCUT2D eigenvalue weighted by Gasteiger charge is 2.30. The van der Waals surface area contributed by atoms with Crippen LogP contribution >= 0.6 is 0 Å². The molecular weight excluding hydrogens is 290 g/mol. The third-order valence-electron chi connectivity index (χ3n) is 4.13. The lowest BCUT2D eigenvalue weighted by molar-refractivity contribution is -0.116. The van der Waals surface area contributed by atoms with Crippen LogP contribution in [0.2, 0.25) is 0 Å². The van der Waals surface area contributed by atoms with Crippen molar-refractivity contribution in [3.05, 3.63) is 59.7 Å². The summed E-state index contributed by atoms with van der Waals surface area (Å²) in [7, 11) is 3.22. The molecule has 1 amide bonds. The predicted octanol–water partition coefficient (Wildman–Crippen LogP) is 3.82. The van der Waals surface area contributed by atoms with E-state index in [4.69, 9.17) is 9.47 Å². The average molecular weight is 309 g/mol. The zero-order valence-electron chi connectivity index (χ0n) is 13.3. The van der Waals surface area contributed by atoms with Gasteiger partial charge in [0.25, 0.3) is 0 Å². The molecule has 1 heterocycles. The fourth-order valence-corrected chi connectivity index (χ4v) is 3.03. The second-order valence-electron chi connectivity index (χ2n) is 5.47. The Morgan fingerprint density at radius 3 is 2.74 bits per heavy atom. The highest BCUT2D eigenvalue weighted by atomic mass is 16.5. The van der Waals surface area contributed by atoms with Gasteiger partial charge in [0.05, 0.1) is 19.9 Å². The molecule has 4 nitrogen and oxygen atoms in total. The Balaban J connectivity index is 2.17. The molecule has 0 fully saturated rings. The summed E-state index contributed by atoms with van der Waals surface area (Å²) >= 11 is 0. The largest absolute Gasteiger partial charge is 0.497 e. The van der Waals surface area contributed by atoms with Crippen molar-refractivity contribution in [1.29, 1.82) is 0 Å². The first kappa shape index (κ1) is 15.2. The van der Waals surface area contributed by atoms with Gasteiger partial charge >= 0.3 is 0 Å². The zero-order chi connectivity index (χ0) is 16.4. The number of carbonyl (C=O) groups is 1. The molecule has 3 rings (SSSR count). The Morgan fingerprint density at radius 1 is 1.22 bits per heavy atom. The Labute approximate surface area is 135 Å². The topological polar surface area (TPSA) is 47.6 Å². The van der Waals surface area contributed by atoms with E-state index < -0.39 is 0 Å². The van der Waals surface area contributed by atoms with Gasteiger partial charge in [0, 0.05) is 30.0 Å². The van der Waals surface area contributed by atoms with Crippen LogP contribution in [0.4, 0.5) is 5.69 Å². The lowest BCUT2D eigenvalue weighted by Crippen LogP contribution is -2.24. The Morgan fingerprint density at radius 2 is 2.04 bits per heavy atom. The number of amides is 1. The second kappa shape index (κ2) is 6.16. The number of methoxy groups -OCH3 is 2. The van der Waals surface area contributed by atoms with Gasteiger partial charge in [0.2, 0.25) is 5.91 Å². The molecule has 0 saturated heterocycles. The first-order valence-corrected chi connectivity index (χ1v) is 7.44. The van der Waals surface area contributed by atoms with Crippen molar-refractivity contribution in [2.24, 2.45) is 0 Å². The van der Waals surface area contributed by atoms with E-state index >= 15 is 0 Å². The van der Waals surface area contributed by atoms with Crippen LogP contribution in [0.5, 0.6) is 11.5 Å². The minimum atomic E-state index is -0.0560. The average Bonchev–Trinajstić information content (AvgIpc) is 2.59. The monoisotopic (exact) mass is 309 g/mol. The van der Waals surface area contributed by atoms with E-state index in [0.29, 0.717) is 17.9 Å². The maximum atomic E-state index is 12.2. The molecule has 118 valence electrons. The van der Waals surface area contributed by atoms with Crippen molar-refractivity contribution >= 4 is 17.7 Å². The summed E-state index contributed by atoms with van der Waals surface area (Å²) < 4.78 is 10.8. The van der Waals surface area contributed by atoms with Crippen LogP contribution in [0, 0.1) is 0 Å². The smallest absolute Gasteiger partial charge is 0.225 e. The molecule has 1 N–H and O–H groups in total. The third-order valence-corrected chi connectivity index (χ3v) is 4.13. The predicted molar refractivity (Wildman–Crippen MR) is 91.2 cm³/mol. The van der Waals surface area contributed by atoms with Crippen LogP contribution in [-0.2, 0) is 4.79 Å². The van der Waals surface area contributed by atoms with Gasteiger partial charge in [0.15, 0.2) is 0 Å². The quantitative estimate of drug-likeness (QED) is 0.934. The van der Waals surface area contributed by atoms with Crippen LogP contribution in [0.1, 0.15) is 29.0 Å². The van der Waals surface area contributed by atoms with Crippen LogP contribution in [0.15, 0.2) is 43.0 Å². The second-order valence-corrected chi connectivity index (χ2v) is 5.47. The molecule has 0 radical (unpaired) electrons. The van der Waals surface area contributed by atoms with E-state index in [0.717, 1.165) is 22.4 Å². The number of carbonyl (C=O) groups excluding carboxylic acids is 1. The Kier molecular flexibility index (Phi) is 4.06. The van der Waals surface area contributed by atoms with Crippen LogP contribution in [0.25, 0.3) is 6.08 Å². The number of ether oxygens (including phenoxy) is 2. The molecule has 2 aromatic carbocycles. The SMILES string of the molecule is C=Cc1cccc([C@H]2CC(=O)Nc3cc(OC)cc(OC)c32)c1. The lowest BCUT2D eigenvalue weighted by atomic mass is 9.83. The van der Waals surface area contributed by atoms with Crippen molar-refractivity contribution in [2.45, 2.75) is 12.3 Å². The number of rotatable bonds is 4. The van der Waals surface area contributed by atoms with E-state index in [2.05, 4.69) is 18.0 Å². The minimum Gasteiger partial charge on any atom is -0.497 e. The summed E-state index contributed by atoms with van der Waals surface area (Å²) in [6, 6.07) is 11.7. The van der Waals surface area contributed by atoms with E-state index in [1.54, 1.807) is 20.3 Å². The van der Waals surface area contributed by atoms with Crippen molar-refractivity contribution in [2.75, 3.05) is 19.5 Å². The number of hydrogen-bond acceptors (Lipinski definition) is 3. The van der Waals surface area contributed by atoms with Gasteiger partial charge in [-0.2, -0.15) is 0 Å². The number of fused-ring (bicyclic) bond motifs is 1. The Hall–Kier alpha value is -2.75. The number of anilines is 1. The standard InChI is InChI=1S/C19H19NO3/c1-4-12-6-5-7-13(8-12)15-11-18(21)20-16-9-14(22-2)10-17(23-3)19(15)16/h4-10,15H,1,11H2,2-3H3,(H,20,21)/t15-/m1/s1. The first-order valence-electron chi connectivity index (χ1n) is 7.44. The van der Waals surface area contributed by atoms with Crippen LogP contribution in [-0.4, -0.2) is 20.1 Å². The highest BCUT2D eigenvalue weighted by molar-refractivity contribution is 5.96. The maximum Gasteiger partial charge on any atom is 0.225 e. The summed E-state index contributed by atoms with van der Waals surface area (Å²) in [6.45, 7) is 3.81. The fourth-order valence-electron chi connectivity index (χ4n) is 3.03. The van der Waals surface area contributed by atoms with Gasteiger partial charge in [-0.3, -0.25) is 4.79 Å². The molecule has 23 heavy (non-hydrogen) atoms. The highest BCUT2D eigenvalue weighted by Crippen LogP contribution is 2.44. The molecule has 4 heteroatoms. The summed E-state index contributed by atoms with van der Waals surface area (Å²) in [5, 5.41) is 2.92. The summed E-state index contributed by atoms with van der Waals surface area (Å²) in [5.41, 5.74) is 3.82. The van der Waals surface area contributed by atoms with Gasteiger partial charge < -0.3 is 14.8 Å². The molecular formula is C19H19NO3. The Bertz CT molecular complexity index is 767. The maximum absolute atomic E-state index is 12.2. The first-order chi connectivity index (χ1) is 11.2. The van der Waals surface area contributed by atoms with Crippen molar-refractivity contribution in [3.63, 3.8) is 0 Å². The van der Waals surface area contributed by atoms with E-state index in [1.165, 1.54) is 0 Å². The lowest BCUT2D eigenvalue weighted by Gasteiger charge is -2.28. The van der Waals surface area contributed by atoms with Gasteiger partial charge in [0.1, 0.15) is 11.5 Å². The molecule has 0 aliphatic carbocycles. The van der Waals surface area contributed by atoms with Gasteiger partial charge in [-0.1, -0.05) is 36.9 Å². The molecule has 1 aliphatic rings. The molecule has 0 spiro atoms. The molecule has 1 atom stereocenters. The summed E-state index contributed by atoms with van der Waals surface area (Å²) in [6.07, 6.45) is 2.19. The number of nitrogens with one attached hydrogen (secondary N) is 1. The van der Waals surface area contributed by atoms with Gasteiger partial charge in [-0.05, 0) is 11.1 Å². The summed E-state index contributed by atoms with van der Waals surface area (Å²) in [4.78, 5) is 12.2. The molecule has 0 bridgehead atoms. The molecule has 1 aliphatic heterocycles. The number of benzene rings is 2. The van der Waals surface area contributed by atoms with E-state index in [9.17, 15) is 4.79 Å². The normalized spacial score (nSPS) is 16.3. The minimum absolute atomic E-state index is 0.0122. The van der Waals surface area contributed by atoms with E-state index in [1.807, 2.05) is 30.3 Å². The fraction of sp³-hybridized carbons (Fsp3) is 0.211. The van der Waals surface area contributed by atoms with Gasteiger partial charge in [-0.15, -0.1) is 0 Å². The summed E-state index contributed by atoms with van der Waals surface area (Å²) in [5.74, 6) is 1.30. The molecule has 0 saturated carbocycles. The van der Waals surface area contributed by atoms with Crippen LogP contribution < -0.4 is 14.8 Å². The van der Waals surface area contributed by atoms with Crippen molar-refractivity contribution < 1.29 is 14.3 Å². The van der Waals surface area contributed by atoms with Crippen LogP contribution in [0.3, 0.4) is 0 Å². The molecule has 2 aromatic rings. The van der Waals surface area contributed by atoms with Crippen molar-refractivity contribution in [1.82, 2.24) is 0 Å². The zero-order valence-corrected chi connectivity index (χ0v) is 13.3. The molecule has 0 unspecified atom stereocenters.